The van der Waals surface area contributed by atoms with Crippen molar-refractivity contribution in [3.8, 4) is 0 Å². The largest absolute Gasteiger partial charge is 0.481 e. The fourth-order valence-corrected chi connectivity index (χ4v) is 1.91. The maximum Gasteiger partial charge on any atom is 0.310 e. The molecule has 2 atom stereocenters. The number of aliphatic carboxylic acids is 1. The summed E-state index contributed by atoms with van der Waals surface area (Å²) in [5.74, 6) is -1.75. The molecule has 0 radical (unpaired) electrons. The highest BCUT2D eigenvalue weighted by molar-refractivity contribution is 5.72. The second-order valence-electron chi connectivity index (χ2n) is 3.73. The minimum Gasteiger partial charge on any atom is -0.481 e. The van der Waals surface area contributed by atoms with Gasteiger partial charge >= 0.3 is 11.9 Å². The first-order chi connectivity index (χ1) is 6.61. The molecule has 0 aromatic carbocycles. The minimum atomic E-state index is -0.849. The molecule has 0 aliphatic heterocycles. The van der Waals surface area contributed by atoms with Crippen LogP contribution in [0.1, 0.15) is 39.0 Å². The smallest absolute Gasteiger partial charge is 0.310 e. The van der Waals surface area contributed by atoms with Gasteiger partial charge in [0.1, 0.15) is 6.10 Å². The van der Waals surface area contributed by atoms with Gasteiger partial charge in [0, 0.05) is 6.92 Å². The Morgan fingerprint density at radius 2 is 1.86 bits per heavy atom. The van der Waals surface area contributed by atoms with Crippen LogP contribution in [0.2, 0.25) is 0 Å². The van der Waals surface area contributed by atoms with Gasteiger partial charge in [-0.15, -0.1) is 0 Å². The van der Waals surface area contributed by atoms with E-state index in [0.29, 0.717) is 12.8 Å². The summed E-state index contributed by atoms with van der Waals surface area (Å²) in [5, 5.41) is 8.96. The van der Waals surface area contributed by atoms with E-state index in [4.69, 9.17) is 9.84 Å². The first kappa shape index (κ1) is 11.0. The number of carboxylic acids is 1. The van der Waals surface area contributed by atoms with Crippen LogP contribution in [-0.2, 0) is 14.3 Å². The Kier molecular flexibility index (Phi) is 3.92. The molecule has 0 heterocycles. The zero-order valence-electron chi connectivity index (χ0n) is 8.36. The molecule has 0 aromatic rings. The summed E-state index contributed by atoms with van der Waals surface area (Å²) in [5.41, 5.74) is 0. The van der Waals surface area contributed by atoms with Crippen LogP contribution in [0.5, 0.6) is 0 Å². The molecule has 4 nitrogen and oxygen atoms in total. The second kappa shape index (κ2) is 4.98. The molecule has 14 heavy (non-hydrogen) atoms. The van der Waals surface area contributed by atoms with Crippen LogP contribution in [0, 0.1) is 5.92 Å². The molecule has 1 N–H and O–H groups in total. The lowest BCUT2D eigenvalue weighted by Gasteiger charge is -2.20. The number of hydrogen-bond donors (Lipinski definition) is 1. The lowest BCUT2D eigenvalue weighted by Crippen LogP contribution is -2.31. The van der Waals surface area contributed by atoms with E-state index in [1.54, 1.807) is 0 Å². The van der Waals surface area contributed by atoms with Gasteiger partial charge in [0.05, 0.1) is 5.92 Å². The van der Waals surface area contributed by atoms with Gasteiger partial charge in [0.15, 0.2) is 0 Å². The number of esters is 1. The summed E-state index contributed by atoms with van der Waals surface area (Å²) in [6.45, 7) is 1.32. The van der Waals surface area contributed by atoms with E-state index < -0.39 is 18.0 Å². The predicted molar refractivity (Wildman–Crippen MR) is 49.8 cm³/mol. The van der Waals surface area contributed by atoms with Crippen LogP contribution in [0.25, 0.3) is 0 Å². The van der Waals surface area contributed by atoms with Crippen molar-refractivity contribution in [1.29, 1.82) is 0 Å². The lowest BCUT2D eigenvalue weighted by atomic mass is 9.97. The Morgan fingerprint density at radius 3 is 2.43 bits per heavy atom. The van der Waals surface area contributed by atoms with Crippen LogP contribution in [0.4, 0.5) is 0 Å². The van der Waals surface area contributed by atoms with E-state index in [1.165, 1.54) is 6.92 Å². The second-order valence-corrected chi connectivity index (χ2v) is 3.73. The summed E-state index contributed by atoms with van der Waals surface area (Å²) >= 11 is 0. The van der Waals surface area contributed by atoms with Crippen molar-refractivity contribution in [3.63, 3.8) is 0 Å². The van der Waals surface area contributed by atoms with Gasteiger partial charge < -0.3 is 9.84 Å². The van der Waals surface area contributed by atoms with Gasteiger partial charge in [-0.3, -0.25) is 9.59 Å². The standard InChI is InChI=1S/C10H16O4/c1-7(11)14-9-6-4-2-3-5-8(9)10(12)13/h8-9H,2-6H2,1H3,(H,12,13). The fraction of sp³-hybridized carbons (Fsp3) is 0.800. The molecule has 0 spiro atoms. The normalized spacial score (nSPS) is 27.8. The topological polar surface area (TPSA) is 63.6 Å². The molecule has 0 aromatic heterocycles. The third kappa shape index (κ3) is 3.01. The molecule has 0 amide bonds. The molecule has 80 valence electrons. The Hall–Kier alpha value is -1.06. The molecule has 1 aliphatic rings. The maximum absolute atomic E-state index is 10.9. The van der Waals surface area contributed by atoms with Crippen LogP contribution >= 0.6 is 0 Å². The number of ether oxygens (including phenoxy) is 1. The first-order valence-corrected chi connectivity index (χ1v) is 5.01. The zero-order chi connectivity index (χ0) is 10.6. The predicted octanol–water partition coefficient (Wildman–Crippen LogP) is 1.58. The fourth-order valence-electron chi connectivity index (χ4n) is 1.91. The Labute approximate surface area is 83.2 Å². The van der Waals surface area contributed by atoms with Crippen LogP contribution < -0.4 is 0 Å². The average Bonchev–Trinajstić information content (AvgIpc) is 2.28. The number of hydrogen-bond acceptors (Lipinski definition) is 3. The van der Waals surface area contributed by atoms with E-state index >= 15 is 0 Å². The monoisotopic (exact) mass is 200 g/mol. The molecule has 4 heteroatoms. The Morgan fingerprint density at radius 1 is 1.21 bits per heavy atom. The number of carbonyl (C=O) groups is 2. The highest BCUT2D eigenvalue weighted by atomic mass is 16.5. The highest BCUT2D eigenvalue weighted by Crippen LogP contribution is 2.26. The molecular formula is C10H16O4. The van der Waals surface area contributed by atoms with E-state index in [1.807, 2.05) is 0 Å². The van der Waals surface area contributed by atoms with Crippen LogP contribution in [-0.4, -0.2) is 23.1 Å². The molecule has 0 saturated heterocycles. The van der Waals surface area contributed by atoms with Crippen molar-refractivity contribution in [2.75, 3.05) is 0 Å². The SMILES string of the molecule is CC(=O)OC1CCCCCC1C(=O)O. The van der Waals surface area contributed by atoms with Gasteiger partial charge in [0.2, 0.25) is 0 Å². The van der Waals surface area contributed by atoms with Gasteiger partial charge in [-0.25, -0.2) is 0 Å². The van der Waals surface area contributed by atoms with Crippen molar-refractivity contribution in [3.05, 3.63) is 0 Å². The molecule has 1 aliphatic carbocycles. The molecule has 1 fully saturated rings. The minimum absolute atomic E-state index is 0.386. The van der Waals surface area contributed by atoms with Crippen molar-refractivity contribution in [2.45, 2.75) is 45.1 Å². The van der Waals surface area contributed by atoms with Crippen molar-refractivity contribution >= 4 is 11.9 Å². The van der Waals surface area contributed by atoms with Gasteiger partial charge in [-0.2, -0.15) is 0 Å². The lowest BCUT2D eigenvalue weighted by molar-refractivity contribution is -0.157. The van der Waals surface area contributed by atoms with E-state index in [0.717, 1.165) is 19.3 Å². The van der Waals surface area contributed by atoms with Crippen molar-refractivity contribution < 1.29 is 19.4 Å². The zero-order valence-corrected chi connectivity index (χ0v) is 8.36. The van der Waals surface area contributed by atoms with Gasteiger partial charge in [-0.1, -0.05) is 12.8 Å². The average molecular weight is 200 g/mol. The first-order valence-electron chi connectivity index (χ1n) is 5.01. The summed E-state index contributed by atoms with van der Waals surface area (Å²) in [4.78, 5) is 21.7. The third-order valence-electron chi connectivity index (χ3n) is 2.59. The molecule has 2 unspecified atom stereocenters. The number of carboxylic acid groups (broad SMARTS) is 1. The molecular weight excluding hydrogens is 184 g/mol. The van der Waals surface area contributed by atoms with E-state index in [2.05, 4.69) is 0 Å². The third-order valence-corrected chi connectivity index (χ3v) is 2.59. The highest BCUT2D eigenvalue weighted by Gasteiger charge is 2.31. The van der Waals surface area contributed by atoms with Gasteiger partial charge in [0.25, 0.3) is 0 Å². The Bertz CT molecular complexity index is 224. The van der Waals surface area contributed by atoms with E-state index in [-0.39, 0.29) is 5.97 Å². The Balaban J connectivity index is 2.63. The molecule has 0 bridgehead atoms. The number of carbonyl (C=O) groups excluding carboxylic acids is 1. The van der Waals surface area contributed by atoms with Crippen molar-refractivity contribution in [2.24, 2.45) is 5.92 Å². The summed E-state index contributed by atoms with van der Waals surface area (Å²) < 4.78 is 5.03. The number of rotatable bonds is 2. The quantitative estimate of drug-likeness (QED) is 0.543. The molecule has 1 saturated carbocycles. The van der Waals surface area contributed by atoms with Gasteiger partial charge in [-0.05, 0) is 19.3 Å². The summed E-state index contributed by atoms with van der Waals surface area (Å²) in [7, 11) is 0. The van der Waals surface area contributed by atoms with E-state index in [9.17, 15) is 9.59 Å². The summed E-state index contributed by atoms with van der Waals surface area (Å²) in [6, 6.07) is 0. The maximum atomic E-state index is 10.9. The van der Waals surface area contributed by atoms with Crippen molar-refractivity contribution in [1.82, 2.24) is 0 Å². The van der Waals surface area contributed by atoms with Crippen LogP contribution in [0.3, 0.4) is 0 Å². The summed E-state index contributed by atoms with van der Waals surface area (Å²) in [6.07, 6.45) is 3.76. The van der Waals surface area contributed by atoms with Crippen LogP contribution in [0.15, 0.2) is 0 Å². The molecule has 1 rings (SSSR count).